The summed E-state index contributed by atoms with van der Waals surface area (Å²) < 4.78 is 0. The van der Waals surface area contributed by atoms with Crippen molar-refractivity contribution in [1.82, 2.24) is 5.32 Å². The molecule has 0 spiro atoms. The Morgan fingerprint density at radius 1 is 1.19 bits per heavy atom. The average Bonchev–Trinajstić information content (AvgIpc) is 2.88. The van der Waals surface area contributed by atoms with Gasteiger partial charge in [0.25, 0.3) is 0 Å². The van der Waals surface area contributed by atoms with Gasteiger partial charge in [-0.3, -0.25) is 0 Å². The molecule has 2 aliphatic rings. The van der Waals surface area contributed by atoms with Crippen molar-refractivity contribution in [1.29, 1.82) is 0 Å². The molecule has 0 bridgehead atoms. The van der Waals surface area contributed by atoms with E-state index < -0.39 is 0 Å². The molecule has 2 aromatic rings. The minimum absolute atomic E-state index is 0.660. The first-order chi connectivity index (χ1) is 10.3. The van der Waals surface area contributed by atoms with Crippen molar-refractivity contribution in [3.63, 3.8) is 0 Å². The Labute approximate surface area is 130 Å². The van der Waals surface area contributed by atoms with Crippen molar-refractivity contribution in [2.24, 2.45) is 0 Å². The van der Waals surface area contributed by atoms with Crippen LogP contribution < -0.4 is 10.2 Å². The molecular formula is C18H20N2S. The third-order valence-electron chi connectivity index (χ3n) is 4.49. The highest BCUT2D eigenvalue weighted by Crippen LogP contribution is 2.38. The van der Waals surface area contributed by atoms with Crippen molar-refractivity contribution in [2.75, 3.05) is 24.5 Å². The van der Waals surface area contributed by atoms with Crippen molar-refractivity contribution < 1.29 is 0 Å². The van der Waals surface area contributed by atoms with Crippen molar-refractivity contribution in [3.05, 3.63) is 53.6 Å². The van der Waals surface area contributed by atoms with E-state index in [4.69, 9.17) is 0 Å². The molecule has 1 saturated heterocycles. The number of nitrogens with zero attached hydrogens (tertiary/aromatic N) is 1. The number of fused-ring (bicyclic) bond motifs is 3. The predicted molar refractivity (Wildman–Crippen MR) is 89.5 cm³/mol. The minimum atomic E-state index is 0.660. The van der Waals surface area contributed by atoms with Crippen LogP contribution in [0.3, 0.4) is 0 Å². The first-order valence-electron chi connectivity index (χ1n) is 7.65. The SMILES string of the molecule is Cc1ccccc1Sc1ccc2c(c1)N1CCNCC1C2. The Balaban J connectivity index is 1.63. The summed E-state index contributed by atoms with van der Waals surface area (Å²) in [4.78, 5) is 5.29. The summed E-state index contributed by atoms with van der Waals surface area (Å²) in [6, 6.07) is 16.3. The summed E-state index contributed by atoms with van der Waals surface area (Å²) in [7, 11) is 0. The Kier molecular flexibility index (Phi) is 3.40. The highest BCUT2D eigenvalue weighted by atomic mass is 32.2. The quantitative estimate of drug-likeness (QED) is 0.913. The smallest absolute Gasteiger partial charge is 0.0456 e. The Morgan fingerprint density at radius 3 is 3.00 bits per heavy atom. The van der Waals surface area contributed by atoms with E-state index in [0.29, 0.717) is 6.04 Å². The zero-order valence-corrected chi connectivity index (χ0v) is 13.1. The lowest BCUT2D eigenvalue weighted by atomic mass is 10.1. The van der Waals surface area contributed by atoms with Gasteiger partial charge in [-0.05, 0) is 42.7 Å². The molecule has 4 rings (SSSR count). The molecule has 21 heavy (non-hydrogen) atoms. The van der Waals surface area contributed by atoms with Gasteiger partial charge in [-0.1, -0.05) is 36.0 Å². The molecule has 1 fully saturated rings. The largest absolute Gasteiger partial charge is 0.365 e. The van der Waals surface area contributed by atoms with Gasteiger partial charge in [-0.25, -0.2) is 0 Å². The second kappa shape index (κ2) is 5.39. The topological polar surface area (TPSA) is 15.3 Å². The maximum Gasteiger partial charge on any atom is 0.0456 e. The molecule has 0 aliphatic carbocycles. The third kappa shape index (κ3) is 2.45. The lowest BCUT2D eigenvalue weighted by molar-refractivity contribution is 0.495. The molecule has 0 aromatic heterocycles. The van der Waals surface area contributed by atoms with Crippen LogP contribution in [0.2, 0.25) is 0 Å². The average molecular weight is 296 g/mol. The highest BCUT2D eigenvalue weighted by Gasteiger charge is 2.31. The molecule has 2 heterocycles. The van der Waals surface area contributed by atoms with Gasteiger partial charge in [-0.15, -0.1) is 0 Å². The molecule has 0 saturated carbocycles. The number of benzene rings is 2. The van der Waals surface area contributed by atoms with Crippen molar-refractivity contribution >= 4 is 17.4 Å². The summed E-state index contributed by atoms with van der Waals surface area (Å²) >= 11 is 1.88. The fourth-order valence-corrected chi connectivity index (χ4v) is 4.30. The zero-order valence-electron chi connectivity index (χ0n) is 12.3. The number of anilines is 1. The number of piperazine rings is 1. The third-order valence-corrected chi connectivity index (χ3v) is 5.66. The molecule has 0 radical (unpaired) electrons. The zero-order chi connectivity index (χ0) is 14.2. The summed E-state index contributed by atoms with van der Waals surface area (Å²) in [6.45, 7) is 5.54. The van der Waals surface area contributed by atoms with Crippen LogP contribution in [-0.2, 0) is 6.42 Å². The van der Waals surface area contributed by atoms with E-state index in [9.17, 15) is 0 Å². The maximum atomic E-state index is 3.51. The molecule has 2 nitrogen and oxygen atoms in total. The van der Waals surface area contributed by atoms with Crippen molar-refractivity contribution in [2.45, 2.75) is 29.2 Å². The van der Waals surface area contributed by atoms with Crippen LogP contribution in [0.15, 0.2) is 52.3 Å². The van der Waals surface area contributed by atoms with Gasteiger partial charge in [0.05, 0.1) is 0 Å². The van der Waals surface area contributed by atoms with E-state index in [1.54, 1.807) is 0 Å². The van der Waals surface area contributed by atoms with Gasteiger partial charge in [0.15, 0.2) is 0 Å². The maximum absolute atomic E-state index is 3.51. The monoisotopic (exact) mass is 296 g/mol. The fourth-order valence-electron chi connectivity index (χ4n) is 3.36. The first-order valence-corrected chi connectivity index (χ1v) is 8.47. The predicted octanol–water partition coefficient (Wildman–Crippen LogP) is 3.48. The second-order valence-corrected chi connectivity index (χ2v) is 7.03. The van der Waals surface area contributed by atoms with Gasteiger partial charge in [0.1, 0.15) is 0 Å². The number of aryl methyl sites for hydroxylation is 1. The fraction of sp³-hybridized carbons (Fsp3) is 0.333. The van der Waals surface area contributed by atoms with Gasteiger partial charge < -0.3 is 10.2 Å². The molecule has 108 valence electrons. The van der Waals surface area contributed by atoms with Crippen LogP contribution in [0.4, 0.5) is 5.69 Å². The standard InChI is InChI=1S/C18H20N2S/c1-13-4-2-3-5-18(13)21-16-7-6-14-10-15-12-19-8-9-20(15)17(14)11-16/h2-7,11,15,19H,8-10,12H2,1H3. The van der Waals surface area contributed by atoms with E-state index in [1.807, 2.05) is 11.8 Å². The van der Waals surface area contributed by atoms with Crippen LogP contribution in [0.1, 0.15) is 11.1 Å². The lowest BCUT2D eigenvalue weighted by Gasteiger charge is -2.32. The van der Waals surface area contributed by atoms with Crippen LogP contribution in [0, 0.1) is 6.92 Å². The lowest BCUT2D eigenvalue weighted by Crippen LogP contribution is -2.49. The van der Waals surface area contributed by atoms with Gasteiger partial charge in [0.2, 0.25) is 0 Å². The normalized spacial score (nSPS) is 20.2. The summed E-state index contributed by atoms with van der Waals surface area (Å²) in [5.74, 6) is 0. The van der Waals surface area contributed by atoms with Gasteiger partial charge >= 0.3 is 0 Å². The molecule has 1 unspecified atom stereocenters. The van der Waals surface area contributed by atoms with Crippen molar-refractivity contribution in [3.8, 4) is 0 Å². The van der Waals surface area contributed by atoms with Crippen LogP contribution in [0.5, 0.6) is 0 Å². The van der Waals surface area contributed by atoms with E-state index in [2.05, 4.69) is 59.6 Å². The second-order valence-electron chi connectivity index (χ2n) is 5.91. The number of nitrogens with one attached hydrogen (secondary N) is 1. The summed E-state index contributed by atoms with van der Waals surface area (Å²) in [5, 5.41) is 3.51. The highest BCUT2D eigenvalue weighted by molar-refractivity contribution is 7.99. The molecule has 3 heteroatoms. The van der Waals surface area contributed by atoms with E-state index in [0.717, 1.165) is 19.6 Å². The summed E-state index contributed by atoms with van der Waals surface area (Å²) in [6.07, 6.45) is 1.19. The molecule has 2 aliphatic heterocycles. The number of hydrogen-bond donors (Lipinski definition) is 1. The van der Waals surface area contributed by atoms with Gasteiger partial charge in [-0.2, -0.15) is 0 Å². The molecule has 1 N–H and O–H groups in total. The summed E-state index contributed by atoms with van der Waals surface area (Å²) in [5.41, 5.74) is 4.32. The Hall–Kier alpha value is -1.45. The van der Waals surface area contributed by atoms with Gasteiger partial charge in [0, 0.05) is 41.2 Å². The van der Waals surface area contributed by atoms with E-state index in [1.165, 1.54) is 33.0 Å². The molecule has 0 amide bonds. The first kappa shape index (κ1) is 13.2. The molecule has 1 atom stereocenters. The Morgan fingerprint density at radius 2 is 2.10 bits per heavy atom. The molecule has 2 aromatic carbocycles. The minimum Gasteiger partial charge on any atom is -0.365 e. The van der Waals surface area contributed by atoms with Crippen LogP contribution in [0.25, 0.3) is 0 Å². The number of hydrogen-bond acceptors (Lipinski definition) is 3. The number of rotatable bonds is 2. The van der Waals surface area contributed by atoms with E-state index in [-0.39, 0.29) is 0 Å². The molecular weight excluding hydrogens is 276 g/mol. The Bertz CT molecular complexity index is 668. The van der Waals surface area contributed by atoms with Crippen LogP contribution >= 0.6 is 11.8 Å². The van der Waals surface area contributed by atoms with Crippen LogP contribution in [-0.4, -0.2) is 25.7 Å². The van der Waals surface area contributed by atoms with E-state index >= 15 is 0 Å².